The number of rotatable bonds is 4. The molecule has 0 aliphatic heterocycles. The van der Waals surface area contributed by atoms with E-state index in [-0.39, 0.29) is 37.5 Å². The molecule has 3 rings (SSSR count). The molecule has 10 heteroatoms. The average Bonchev–Trinajstić information content (AvgIpc) is 2.59. The molecule has 1 atom stereocenters. The molecule has 0 amide bonds. The molecule has 3 aromatic rings. The van der Waals surface area contributed by atoms with Gasteiger partial charge in [-0.15, -0.1) is 0 Å². The van der Waals surface area contributed by atoms with Crippen molar-refractivity contribution in [1.82, 2.24) is 0 Å². The Kier molecular flexibility index (Phi) is 5.98. The maximum Gasteiger partial charge on any atom is 0.283 e. The summed E-state index contributed by atoms with van der Waals surface area (Å²) in [6, 6.07) is 11.5. The van der Waals surface area contributed by atoms with Crippen LogP contribution in [0.4, 0.5) is 0 Å². The summed E-state index contributed by atoms with van der Waals surface area (Å²) in [5.41, 5.74) is -0.162. The smallest absolute Gasteiger partial charge is 0.283 e. The van der Waals surface area contributed by atoms with E-state index in [1.54, 1.807) is 0 Å². The highest BCUT2D eigenvalue weighted by atomic mass is 35.5. The van der Waals surface area contributed by atoms with Gasteiger partial charge in [0.15, 0.2) is 4.75 Å². The molecule has 29 heavy (non-hydrogen) atoms. The Morgan fingerprint density at radius 1 is 0.724 bits per heavy atom. The van der Waals surface area contributed by atoms with E-state index in [0.29, 0.717) is 5.02 Å². The number of halogens is 4. The van der Waals surface area contributed by atoms with Gasteiger partial charge < -0.3 is 10.2 Å². The zero-order valence-electron chi connectivity index (χ0n) is 14.3. The lowest BCUT2D eigenvalue weighted by Gasteiger charge is -2.33. The van der Waals surface area contributed by atoms with Crippen molar-refractivity contribution in [2.24, 2.45) is 0 Å². The lowest BCUT2D eigenvalue weighted by atomic mass is 9.83. The number of hydrogen-bond acceptors (Lipinski definition) is 4. The second-order valence-electron chi connectivity index (χ2n) is 6.15. The predicted octanol–water partition coefficient (Wildman–Crippen LogP) is 5.89. The SMILES string of the molecule is O=S(=O)(O)C(c1ccc(Cl)cc1)(c1cc(O)cc(Cl)c1)c1cc(O)c(Cl)c(Cl)c1. The molecule has 1 unspecified atom stereocenters. The van der Waals surface area contributed by atoms with Gasteiger partial charge in [-0.25, -0.2) is 0 Å². The standard InChI is InChI=1S/C19H12Cl4O5S/c20-13-3-1-10(2-4-13)19(29(26,27)28,11-5-14(21)9-15(24)6-11)12-7-16(22)18(23)17(25)8-12/h1-9,24-25H,(H,26,27,28). The third-order valence-corrected chi connectivity index (χ3v) is 7.09. The van der Waals surface area contributed by atoms with E-state index >= 15 is 0 Å². The first kappa shape index (κ1) is 22.0. The summed E-state index contributed by atoms with van der Waals surface area (Å²) < 4.78 is 34.0. The van der Waals surface area contributed by atoms with Crippen molar-refractivity contribution in [1.29, 1.82) is 0 Å². The highest BCUT2D eigenvalue weighted by Gasteiger charge is 2.49. The molecule has 0 radical (unpaired) electrons. The van der Waals surface area contributed by atoms with Crippen LogP contribution in [0.2, 0.25) is 20.1 Å². The molecule has 0 bridgehead atoms. The van der Waals surface area contributed by atoms with Crippen LogP contribution < -0.4 is 0 Å². The third kappa shape index (κ3) is 3.89. The third-order valence-electron chi connectivity index (χ3n) is 4.34. The first-order chi connectivity index (χ1) is 13.5. The van der Waals surface area contributed by atoms with Gasteiger partial charge in [0.05, 0.1) is 5.02 Å². The van der Waals surface area contributed by atoms with Crippen molar-refractivity contribution in [2.75, 3.05) is 0 Å². The summed E-state index contributed by atoms with van der Waals surface area (Å²) in [5, 5.41) is 20.2. The normalized spacial score (nSPS) is 13.8. The summed E-state index contributed by atoms with van der Waals surface area (Å²) in [5.74, 6) is -0.832. The fourth-order valence-corrected chi connectivity index (χ4v) is 5.13. The zero-order valence-corrected chi connectivity index (χ0v) is 18.1. The Bertz CT molecular complexity index is 1150. The van der Waals surface area contributed by atoms with Gasteiger partial charge in [0.25, 0.3) is 10.1 Å². The van der Waals surface area contributed by atoms with E-state index < -0.39 is 20.6 Å². The minimum atomic E-state index is -5.00. The molecule has 0 aliphatic rings. The van der Waals surface area contributed by atoms with Gasteiger partial charge in [0.2, 0.25) is 0 Å². The zero-order chi connectivity index (χ0) is 21.6. The Balaban J connectivity index is 2.56. The maximum absolute atomic E-state index is 12.9. The Hall–Kier alpha value is -1.67. The molecule has 3 N–H and O–H groups in total. The van der Waals surface area contributed by atoms with E-state index in [1.807, 2.05) is 0 Å². The summed E-state index contributed by atoms with van der Waals surface area (Å²) in [6.45, 7) is 0. The van der Waals surface area contributed by atoms with Crippen LogP contribution in [0.25, 0.3) is 0 Å². The molecule has 0 saturated heterocycles. The molecule has 0 saturated carbocycles. The van der Waals surface area contributed by atoms with Crippen LogP contribution in [-0.4, -0.2) is 23.2 Å². The van der Waals surface area contributed by atoms with Crippen LogP contribution >= 0.6 is 46.4 Å². The van der Waals surface area contributed by atoms with Crippen LogP contribution in [0.3, 0.4) is 0 Å². The van der Waals surface area contributed by atoms with Gasteiger partial charge in [-0.1, -0.05) is 58.5 Å². The number of hydrogen-bond donors (Lipinski definition) is 3. The molecule has 3 aromatic carbocycles. The van der Waals surface area contributed by atoms with E-state index in [1.165, 1.54) is 42.5 Å². The highest BCUT2D eigenvalue weighted by Crippen LogP contribution is 2.48. The number of phenols is 2. The molecule has 152 valence electrons. The second kappa shape index (κ2) is 7.87. The molecule has 5 nitrogen and oxygen atoms in total. The second-order valence-corrected chi connectivity index (χ2v) is 9.37. The monoisotopic (exact) mass is 492 g/mol. The van der Waals surface area contributed by atoms with Crippen LogP contribution in [0, 0.1) is 0 Å². The van der Waals surface area contributed by atoms with Crippen molar-refractivity contribution in [3.8, 4) is 11.5 Å². The van der Waals surface area contributed by atoms with Gasteiger partial charge in [-0.3, -0.25) is 4.55 Å². The van der Waals surface area contributed by atoms with Crippen molar-refractivity contribution < 1.29 is 23.2 Å². The van der Waals surface area contributed by atoms with Crippen molar-refractivity contribution in [3.63, 3.8) is 0 Å². The van der Waals surface area contributed by atoms with E-state index in [2.05, 4.69) is 0 Å². The van der Waals surface area contributed by atoms with E-state index in [4.69, 9.17) is 46.4 Å². The first-order valence-electron chi connectivity index (χ1n) is 7.88. The van der Waals surface area contributed by atoms with Crippen molar-refractivity contribution >= 4 is 56.5 Å². The van der Waals surface area contributed by atoms with Gasteiger partial charge in [-0.05, 0) is 59.2 Å². The highest BCUT2D eigenvalue weighted by molar-refractivity contribution is 7.87. The van der Waals surface area contributed by atoms with Crippen molar-refractivity contribution in [3.05, 3.63) is 91.4 Å². The fourth-order valence-electron chi connectivity index (χ4n) is 3.19. The van der Waals surface area contributed by atoms with Crippen LogP contribution in [-0.2, 0) is 14.9 Å². The number of phenolic OH excluding ortho intramolecular Hbond substituents is 2. The lowest BCUT2D eigenvalue weighted by Crippen LogP contribution is -2.38. The molecule has 0 fully saturated rings. The predicted molar refractivity (Wildman–Crippen MR) is 114 cm³/mol. The average molecular weight is 494 g/mol. The topological polar surface area (TPSA) is 94.8 Å². The minimum absolute atomic E-state index is 0.0197. The first-order valence-corrected chi connectivity index (χ1v) is 10.8. The molecule has 0 spiro atoms. The summed E-state index contributed by atoms with van der Waals surface area (Å²) in [6.07, 6.45) is 0. The van der Waals surface area contributed by atoms with Crippen molar-refractivity contribution in [2.45, 2.75) is 4.75 Å². The van der Waals surface area contributed by atoms with Gasteiger partial charge >= 0.3 is 0 Å². The van der Waals surface area contributed by atoms with Crippen LogP contribution in [0.1, 0.15) is 16.7 Å². The summed E-state index contributed by atoms with van der Waals surface area (Å²) in [4.78, 5) is 0. The van der Waals surface area contributed by atoms with Crippen LogP contribution in [0.15, 0.2) is 54.6 Å². The molecular formula is C19H12Cl4O5S. The summed E-state index contributed by atoms with van der Waals surface area (Å²) >= 11 is 24.0. The van der Waals surface area contributed by atoms with E-state index in [0.717, 1.165) is 12.1 Å². The van der Waals surface area contributed by atoms with Gasteiger partial charge in [0.1, 0.15) is 16.5 Å². The maximum atomic E-state index is 12.9. The quantitative estimate of drug-likeness (QED) is 0.311. The van der Waals surface area contributed by atoms with Gasteiger partial charge in [0, 0.05) is 10.0 Å². The molecular weight excluding hydrogens is 482 g/mol. The Labute approximate surface area is 186 Å². The molecule has 0 aromatic heterocycles. The fraction of sp³-hybridized carbons (Fsp3) is 0.0526. The molecule has 0 heterocycles. The lowest BCUT2D eigenvalue weighted by molar-refractivity contribution is 0.455. The minimum Gasteiger partial charge on any atom is -0.508 e. The Morgan fingerprint density at radius 2 is 1.31 bits per heavy atom. The Morgan fingerprint density at radius 3 is 1.83 bits per heavy atom. The summed E-state index contributed by atoms with van der Waals surface area (Å²) in [7, 11) is -5.00. The van der Waals surface area contributed by atoms with Crippen LogP contribution in [0.5, 0.6) is 11.5 Å². The van der Waals surface area contributed by atoms with Gasteiger partial charge in [-0.2, -0.15) is 8.42 Å². The van der Waals surface area contributed by atoms with E-state index in [9.17, 15) is 23.2 Å². The largest absolute Gasteiger partial charge is 0.508 e. The number of aromatic hydroxyl groups is 2. The molecule has 0 aliphatic carbocycles. The number of benzene rings is 3.